The van der Waals surface area contributed by atoms with E-state index in [9.17, 15) is 9.36 Å². The van der Waals surface area contributed by atoms with Crippen molar-refractivity contribution in [3.63, 3.8) is 0 Å². The summed E-state index contributed by atoms with van der Waals surface area (Å²) in [6, 6.07) is -0.406. The Balaban J connectivity index is 2.60. The fourth-order valence-corrected chi connectivity index (χ4v) is 4.27. The third kappa shape index (κ3) is 5.90. The summed E-state index contributed by atoms with van der Waals surface area (Å²) in [7, 11) is -0.0979. The van der Waals surface area contributed by atoms with Gasteiger partial charge in [-0.2, -0.15) is 0 Å². The van der Waals surface area contributed by atoms with Gasteiger partial charge in [0, 0.05) is 45.4 Å². The molecule has 21 heavy (non-hydrogen) atoms. The fourth-order valence-electron chi connectivity index (χ4n) is 1.60. The maximum absolute atomic E-state index is 12.8. The van der Waals surface area contributed by atoms with E-state index in [0.717, 1.165) is 0 Å². The Bertz CT molecular complexity index is 382. The number of carbonyl (C=O) groups is 1. The van der Waals surface area contributed by atoms with Crippen molar-refractivity contribution in [2.75, 3.05) is 45.6 Å². The number of hydrogen-bond donors (Lipinski definition) is 2. The van der Waals surface area contributed by atoms with Crippen LogP contribution in [0.15, 0.2) is 0 Å². The van der Waals surface area contributed by atoms with Gasteiger partial charge < -0.3 is 9.42 Å². The second kappa shape index (κ2) is 9.15. The molecule has 0 radical (unpaired) electrons. The number of nitrogens with one attached hydrogen (secondary N) is 2. The van der Waals surface area contributed by atoms with Crippen LogP contribution in [0.5, 0.6) is 0 Å². The first-order valence-electron chi connectivity index (χ1n) is 6.45. The van der Waals surface area contributed by atoms with Crippen LogP contribution in [-0.4, -0.2) is 67.4 Å². The van der Waals surface area contributed by atoms with Crippen molar-refractivity contribution >= 4 is 36.9 Å². The molecule has 0 aromatic rings. The van der Waals surface area contributed by atoms with E-state index in [1.165, 1.54) is 4.90 Å². The minimum atomic E-state index is -3.27. The van der Waals surface area contributed by atoms with Crippen molar-refractivity contribution in [2.45, 2.75) is 12.6 Å². The lowest BCUT2D eigenvalue weighted by Crippen LogP contribution is -2.46. The summed E-state index contributed by atoms with van der Waals surface area (Å²) in [5.41, 5.74) is 2.27. The molecule has 2 amide bonds. The molecule has 2 N–H and O–H groups in total. The first-order valence-corrected chi connectivity index (χ1v) is 9.10. The number of urea groups is 1. The molecule has 0 aromatic heterocycles. The number of rotatable bonds is 7. The predicted molar refractivity (Wildman–Crippen MR) is 81.4 cm³/mol. The quantitative estimate of drug-likeness (QED) is 0.404. The van der Waals surface area contributed by atoms with Crippen molar-refractivity contribution < 1.29 is 18.7 Å². The highest BCUT2D eigenvalue weighted by molar-refractivity contribution is 7.54. The average Bonchev–Trinajstić information content (AvgIpc) is 2.44. The molecule has 0 saturated carbocycles. The van der Waals surface area contributed by atoms with Crippen molar-refractivity contribution in [1.29, 1.82) is 0 Å². The standard InChI is InChI=1S/C10H21Cl2N4O4P/c1-15(2)10(17)13-20-9-3-8-19-21(18,14-9)16(6-4-11)7-5-12/h9H,3-8H2,1-2H3,(H,13,17)(H,14,18). The second-order valence-electron chi connectivity index (χ2n) is 4.51. The normalized spacial score (nSPS) is 25.9. The number of amides is 2. The number of halogens is 2. The van der Waals surface area contributed by atoms with E-state index in [1.54, 1.807) is 18.8 Å². The number of alkyl halides is 2. The van der Waals surface area contributed by atoms with Crippen molar-refractivity contribution in [3.8, 4) is 0 Å². The third-order valence-electron chi connectivity index (χ3n) is 2.71. The van der Waals surface area contributed by atoms with Crippen LogP contribution in [0.3, 0.4) is 0 Å². The van der Waals surface area contributed by atoms with Crippen LogP contribution in [0.2, 0.25) is 0 Å². The summed E-state index contributed by atoms with van der Waals surface area (Å²) >= 11 is 11.4. The van der Waals surface area contributed by atoms with Gasteiger partial charge in [0.05, 0.1) is 6.61 Å². The van der Waals surface area contributed by atoms with E-state index in [0.29, 0.717) is 31.3 Å². The summed E-state index contributed by atoms with van der Waals surface area (Å²) in [6.07, 6.45) is -0.158. The van der Waals surface area contributed by atoms with Crippen molar-refractivity contribution in [2.24, 2.45) is 0 Å². The van der Waals surface area contributed by atoms with Gasteiger partial charge in [-0.15, -0.1) is 23.2 Å². The van der Waals surface area contributed by atoms with Crippen LogP contribution in [0.4, 0.5) is 4.79 Å². The SMILES string of the molecule is CN(C)C(=O)NOC1CCOP(=O)(N(CCCl)CCCl)N1. The van der Waals surface area contributed by atoms with E-state index < -0.39 is 19.9 Å². The molecule has 1 rings (SSSR count). The van der Waals surface area contributed by atoms with Gasteiger partial charge in [0.15, 0.2) is 0 Å². The van der Waals surface area contributed by atoms with Crippen molar-refractivity contribution in [1.82, 2.24) is 20.1 Å². The zero-order valence-electron chi connectivity index (χ0n) is 12.1. The van der Waals surface area contributed by atoms with E-state index in [4.69, 9.17) is 32.6 Å². The topological polar surface area (TPSA) is 83.1 Å². The average molecular weight is 363 g/mol. The van der Waals surface area contributed by atoms with Crippen LogP contribution < -0.4 is 10.6 Å². The van der Waals surface area contributed by atoms with Gasteiger partial charge in [0.25, 0.3) is 0 Å². The molecule has 124 valence electrons. The Hall–Kier alpha value is -0.0800. The lowest BCUT2D eigenvalue weighted by atomic mass is 10.4. The smallest absolute Gasteiger partial charge is 0.329 e. The second-order valence-corrected chi connectivity index (χ2v) is 7.39. The molecule has 1 heterocycles. The van der Waals surface area contributed by atoms with E-state index in [2.05, 4.69) is 10.6 Å². The predicted octanol–water partition coefficient (Wildman–Crippen LogP) is 1.41. The number of nitrogens with zero attached hydrogens (tertiary/aromatic N) is 2. The van der Waals surface area contributed by atoms with Crippen LogP contribution in [-0.2, 0) is 13.9 Å². The zero-order valence-corrected chi connectivity index (χ0v) is 14.5. The highest BCUT2D eigenvalue weighted by atomic mass is 35.5. The van der Waals surface area contributed by atoms with E-state index in [-0.39, 0.29) is 6.61 Å². The van der Waals surface area contributed by atoms with Gasteiger partial charge in [-0.3, -0.25) is 9.40 Å². The molecule has 2 atom stereocenters. The van der Waals surface area contributed by atoms with E-state index >= 15 is 0 Å². The number of carbonyl (C=O) groups excluding carboxylic acids is 1. The Labute approximate surface area is 134 Å². The highest BCUT2D eigenvalue weighted by Crippen LogP contribution is 2.49. The molecule has 1 aliphatic heterocycles. The Kier molecular flexibility index (Phi) is 8.26. The van der Waals surface area contributed by atoms with Gasteiger partial charge in [0.1, 0.15) is 6.23 Å². The molecule has 11 heteroatoms. The summed E-state index contributed by atoms with van der Waals surface area (Å²) in [5, 5.41) is 2.78. The summed E-state index contributed by atoms with van der Waals surface area (Å²) < 4.78 is 19.7. The van der Waals surface area contributed by atoms with Gasteiger partial charge in [0.2, 0.25) is 0 Å². The molecule has 8 nitrogen and oxygen atoms in total. The van der Waals surface area contributed by atoms with Crippen LogP contribution >= 0.6 is 30.9 Å². The first-order chi connectivity index (χ1) is 9.92. The van der Waals surface area contributed by atoms with Gasteiger partial charge >= 0.3 is 13.7 Å². The lowest BCUT2D eigenvalue weighted by Gasteiger charge is -2.36. The number of hydrogen-bond acceptors (Lipinski definition) is 4. The molecule has 1 fully saturated rings. The molecule has 0 spiro atoms. The van der Waals surface area contributed by atoms with Gasteiger partial charge in [-0.1, -0.05) is 0 Å². The molecule has 2 unspecified atom stereocenters. The fraction of sp³-hybridized carbons (Fsp3) is 0.900. The molecule has 1 aliphatic rings. The third-order valence-corrected chi connectivity index (χ3v) is 5.34. The lowest BCUT2D eigenvalue weighted by molar-refractivity contribution is -0.0385. The summed E-state index contributed by atoms with van der Waals surface area (Å²) in [6.45, 7) is 0.985. The van der Waals surface area contributed by atoms with Crippen LogP contribution in [0, 0.1) is 0 Å². The van der Waals surface area contributed by atoms with Gasteiger partial charge in [-0.25, -0.2) is 20.0 Å². The van der Waals surface area contributed by atoms with Crippen LogP contribution in [0.25, 0.3) is 0 Å². The molecule has 0 bridgehead atoms. The molecule has 0 aliphatic carbocycles. The van der Waals surface area contributed by atoms with Crippen molar-refractivity contribution in [3.05, 3.63) is 0 Å². The molecular weight excluding hydrogens is 342 g/mol. The summed E-state index contributed by atoms with van der Waals surface area (Å²) in [4.78, 5) is 17.9. The zero-order chi connectivity index (χ0) is 15.9. The van der Waals surface area contributed by atoms with E-state index in [1.807, 2.05) is 0 Å². The Morgan fingerprint density at radius 2 is 2.05 bits per heavy atom. The minimum absolute atomic E-state index is 0.244. The highest BCUT2D eigenvalue weighted by Gasteiger charge is 2.38. The Morgan fingerprint density at radius 1 is 1.43 bits per heavy atom. The summed E-state index contributed by atoms with van der Waals surface area (Å²) in [5.74, 6) is 0.601. The first kappa shape index (κ1) is 19.0. The largest absolute Gasteiger partial charge is 0.345 e. The maximum atomic E-state index is 12.8. The molecule has 0 aromatic carbocycles. The van der Waals surface area contributed by atoms with Crippen LogP contribution in [0.1, 0.15) is 6.42 Å². The molecular formula is C10H21Cl2N4O4P. The number of hydroxylamine groups is 1. The monoisotopic (exact) mass is 362 g/mol. The molecule has 1 saturated heterocycles. The maximum Gasteiger partial charge on any atom is 0.345 e. The Morgan fingerprint density at radius 3 is 2.57 bits per heavy atom. The minimum Gasteiger partial charge on any atom is -0.329 e. The van der Waals surface area contributed by atoms with Gasteiger partial charge in [-0.05, 0) is 0 Å².